The molecule has 1 aliphatic rings. The van der Waals surface area contributed by atoms with Crippen LogP contribution in [0.1, 0.15) is 16.7 Å². The van der Waals surface area contributed by atoms with Crippen molar-refractivity contribution in [3.63, 3.8) is 0 Å². The van der Waals surface area contributed by atoms with Crippen LogP contribution in [0.5, 0.6) is 17.2 Å². The van der Waals surface area contributed by atoms with Gasteiger partial charge in [0.05, 0.1) is 26.9 Å². The zero-order chi connectivity index (χ0) is 23.6. The number of rotatable bonds is 7. The Bertz CT molecular complexity index is 1180. The minimum Gasteiger partial charge on any atom is -0.497 e. The molecule has 3 aromatic rings. The van der Waals surface area contributed by atoms with Crippen molar-refractivity contribution in [3.05, 3.63) is 94.0 Å². The van der Waals surface area contributed by atoms with E-state index in [0.717, 1.165) is 5.56 Å². The van der Waals surface area contributed by atoms with E-state index in [4.69, 9.17) is 30.5 Å². The third-order valence-corrected chi connectivity index (χ3v) is 5.82. The van der Waals surface area contributed by atoms with Crippen LogP contribution in [0.2, 0.25) is 5.02 Å². The normalized spacial score (nSPS) is 17.7. The van der Waals surface area contributed by atoms with Crippen LogP contribution in [0.4, 0.5) is 0 Å². The molecule has 6 nitrogen and oxygen atoms in total. The van der Waals surface area contributed by atoms with Gasteiger partial charge in [0.25, 0.3) is 5.79 Å². The molecule has 0 aliphatic carbocycles. The monoisotopic (exact) mass is 466 g/mol. The fourth-order valence-corrected chi connectivity index (χ4v) is 3.97. The predicted molar refractivity (Wildman–Crippen MR) is 125 cm³/mol. The van der Waals surface area contributed by atoms with Gasteiger partial charge in [-0.15, -0.1) is 0 Å². The zero-order valence-electron chi connectivity index (χ0n) is 18.4. The second kappa shape index (κ2) is 9.17. The summed E-state index contributed by atoms with van der Waals surface area (Å²) in [5.74, 6) is -0.972. The number of carbonyl (C=O) groups excluding carboxylic acids is 1. The van der Waals surface area contributed by atoms with Crippen molar-refractivity contribution >= 4 is 23.1 Å². The van der Waals surface area contributed by atoms with Gasteiger partial charge in [0.15, 0.2) is 0 Å². The van der Waals surface area contributed by atoms with E-state index in [2.05, 4.69) is 0 Å². The Kier molecular flexibility index (Phi) is 6.31. The van der Waals surface area contributed by atoms with Crippen LogP contribution in [0.15, 0.2) is 72.3 Å². The smallest absolute Gasteiger partial charge is 0.342 e. The molecule has 4 rings (SSSR count). The number of carbonyl (C=O) groups is 1. The van der Waals surface area contributed by atoms with Gasteiger partial charge in [0, 0.05) is 28.6 Å². The van der Waals surface area contributed by atoms with Gasteiger partial charge in [-0.05, 0) is 59.7 Å². The first kappa shape index (κ1) is 22.7. The highest BCUT2D eigenvalue weighted by Crippen LogP contribution is 2.46. The van der Waals surface area contributed by atoms with Crippen LogP contribution < -0.4 is 14.2 Å². The molecule has 0 radical (unpaired) electrons. The first-order valence-electron chi connectivity index (χ1n) is 10.2. The topological polar surface area (TPSA) is 74.2 Å². The molecular weight excluding hydrogens is 444 g/mol. The molecule has 0 spiro atoms. The van der Waals surface area contributed by atoms with Crippen molar-refractivity contribution in [2.24, 2.45) is 0 Å². The fraction of sp³-hybridized carbons (Fsp3) is 0.192. The van der Waals surface area contributed by atoms with Crippen LogP contribution in [-0.4, -0.2) is 32.4 Å². The maximum absolute atomic E-state index is 13.2. The molecule has 7 heteroatoms. The lowest BCUT2D eigenvalue weighted by molar-refractivity contribution is -0.185. The average Bonchev–Trinajstić information content (AvgIpc) is 3.10. The molecule has 0 saturated carbocycles. The van der Waals surface area contributed by atoms with Crippen molar-refractivity contribution in [1.29, 1.82) is 0 Å². The summed E-state index contributed by atoms with van der Waals surface area (Å²) in [5, 5.41) is 12.3. The van der Waals surface area contributed by atoms with Crippen LogP contribution in [-0.2, 0) is 21.7 Å². The number of cyclic esters (lactones) is 1. The molecule has 1 aliphatic heterocycles. The number of benzene rings is 3. The Morgan fingerprint density at radius 2 is 1.42 bits per heavy atom. The van der Waals surface area contributed by atoms with Crippen molar-refractivity contribution in [3.8, 4) is 17.2 Å². The van der Waals surface area contributed by atoms with Crippen LogP contribution in [0.25, 0.3) is 5.57 Å². The number of aliphatic hydroxyl groups is 1. The number of methoxy groups -OCH3 is 3. The number of halogens is 1. The lowest BCUT2D eigenvalue weighted by Crippen LogP contribution is -2.29. The minimum absolute atomic E-state index is 0.250. The molecule has 1 unspecified atom stereocenters. The summed E-state index contributed by atoms with van der Waals surface area (Å²) >= 11 is 6.04. The van der Waals surface area contributed by atoms with Gasteiger partial charge >= 0.3 is 5.97 Å². The molecule has 170 valence electrons. The lowest BCUT2D eigenvalue weighted by Gasteiger charge is -2.26. The predicted octanol–water partition coefficient (Wildman–Crippen LogP) is 4.76. The zero-order valence-corrected chi connectivity index (χ0v) is 19.2. The molecular formula is C26H23ClO6. The van der Waals surface area contributed by atoms with E-state index in [0.29, 0.717) is 39.0 Å². The van der Waals surface area contributed by atoms with E-state index in [9.17, 15) is 9.90 Å². The molecule has 0 saturated heterocycles. The van der Waals surface area contributed by atoms with Crippen molar-refractivity contribution < 1.29 is 28.8 Å². The van der Waals surface area contributed by atoms with Crippen LogP contribution in [0, 0.1) is 0 Å². The second-order valence-corrected chi connectivity index (χ2v) is 7.96. The Labute approximate surface area is 196 Å². The highest BCUT2D eigenvalue weighted by atomic mass is 35.5. The van der Waals surface area contributed by atoms with E-state index in [1.165, 1.54) is 14.2 Å². The molecule has 33 heavy (non-hydrogen) atoms. The summed E-state index contributed by atoms with van der Waals surface area (Å²) in [6.07, 6.45) is 0.250. The number of esters is 1. The largest absolute Gasteiger partial charge is 0.497 e. The molecule has 3 aromatic carbocycles. The molecule has 0 aromatic heterocycles. The van der Waals surface area contributed by atoms with Crippen LogP contribution in [0.3, 0.4) is 0 Å². The van der Waals surface area contributed by atoms with Gasteiger partial charge in [0.2, 0.25) is 0 Å². The maximum Gasteiger partial charge on any atom is 0.342 e. The van der Waals surface area contributed by atoms with Crippen molar-refractivity contribution in [2.45, 2.75) is 12.2 Å². The number of ether oxygens (including phenoxy) is 4. The highest BCUT2D eigenvalue weighted by Gasteiger charge is 2.48. The molecule has 0 amide bonds. The van der Waals surface area contributed by atoms with E-state index in [-0.39, 0.29) is 12.0 Å². The first-order valence-corrected chi connectivity index (χ1v) is 10.6. The quantitative estimate of drug-likeness (QED) is 0.506. The van der Waals surface area contributed by atoms with Gasteiger partial charge in [-0.25, -0.2) is 4.79 Å². The average molecular weight is 467 g/mol. The van der Waals surface area contributed by atoms with Gasteiger partial charge in [0.1, 0.15) is 17.2 Å². The summed E-state index contributed by atoms with van der Waals surface area (Å²) in [6.45, 7) is 0. The third-order valence-electron chi connectivity index (χ3n) is 5.57. The van der Waals surface area contributed by atoms with Crippen LogP contribution >= 0.6 is 11.6 Å². The summed E-state index contributed by atoms with van der Waals surface area (Å²) in [4.78, 5) is 13.2. The van der Waals surface area contributed by atoms with Gasteiger partial charge in [-0.2, -0.15) is 0 Å². The van der Waals surface area contributed by atoms with E-state index in [1.807, 2.05) is 12.1 Å². The number of hydrogen-bond donors (Lipinski definition) is 1. The molecule has 0 bridgehead atoms. The Morgan fingerprint density at radius 3 is 1.97 bits per heavy atom. The number of hydrogen-bond acceptors (Lipinski definition) is 6. The SMILES string of the molecule is COc1ccc(C2(O)OC(=O)C(c3cc(OC)cc(OC)c3)=C2Cc2ccc(Cl)cc2)cc1. The summed E-state index contributed by atoms with van der Waals surface area (Å²) < 4.78 is 21.6. The summed E-state index contributed by atoms with van der Waals surface area (Å²) in [5.41, 5.74) is 2.43. The van der Waals surface area contributed by atoms with E-state index >= 15 is 0 Å². The minimum atomic E-state index is -1.96. The summed E-state index contributed by atoms with van der Waals surface area (Å²) in [6, 6.07) is 19.1. The van der Waals surface area contributed by atoms with Gasteiger partial charge < -0.3 is 24.1 Å². The van der Waals surface area contributed by atoms with E-state index < -0.39 is 11.8 Å². The van der Waals surface area contributed by atoms with Gasteiger partial charge in [-0.1, -0.05) is 23.7 Å². The summed E-state index contributed by atoms with van der Waals surface area (Å²) in [7, 11) is 4.61. The van der Waals surface area contributed by atoms with E-state index in [1.54, 1.807) is 61.7 Å². The van der Waals surface area contributed by atoms with Gasteiger partial charge in [-0.3, -0.25) is 0 Å². The highest BCUT2D eigenvalue weighted by molar-refractivity contribution is 6.30. The molecule has 1 atom stereocenters. The third kappa shape index (κ3) is 4.40. The second-order valence-electron chi connectivity index (χ2n) is 7.52. The Balaban J connectivity index is 1.91. The first-order chi connectivity index (χ1) is 15.9. The molecule has 1 heterocycles. The Morgan fingerprint density at radius 1 is 0.848 bits per heavy atom. The lowest BCUT2D eigenvalue weighted by atomic mass is 9.88. The fourth-order valence-electron chi connectivity index (χ4n) is 3.85. The molecule has 0 fully saturated rings. The Hall–Kier alpha value is -3.48. The molecule has 1 N–H and O–H groups in total. The van der Waals surface area contributed by atoms with Crippen molar-refractivity contribution in [2.75, 3.05) is 21.3 Å². The van der Waals surface area contributed by atoms with Crippen molar-refractivity contribution in [1.82, 2.24) is 0 Å². The maximum atomic E-state index is 13.2. The standard InChI is InChI=1S/C26H23ClO6/c1-30-20-10-6-18(7-11-20)26(29)23(12-16-4-8-19(27)9-5-16)24(25(28)33-26)17-13-21(31-2)15-22(14-17)32-3/h4-11,13-15,29H,12H2,1-3H3.